The highest BCUT2D eigenvalue weighted by Gasteiger charge is 2.41. The number of aliphatic hydroxyl groups excluding tert-OH is 3. The monoisotopic (exact) mass is 1300 g/mol. The topological polar surface area (TPSA) is 507 Å². The van der Waals surface area contributed by atoms with Gasteiger partial charge in [0.1, 0.15) is 66.2 Å². The predicted octanol–water partition coefficient (Wildman–Crippen LogP) is -4.11. The van der Waals surface area contributed by atoms with Gasteiger partial charge in [-0.1, -0.05) is 70.2 Å². The Morgan fingerprint density at radius 1 is 0.571 bits per heavy atom. The molecule has 2 aromatic carbocycles. The first-order valence-electron chi connectivity index (χ1n) is 29.6. The smallest absolute Gasteiger partial charge is 0.326 e. The number of rotatable bonds is 39. The lowest BCUT2D eigenvalue weighted by Crippen LogP contribution is -2.62. The number of hydrogen-bond donors (Lipinski definition) is 17. The molecule has 0 radical (unpaired) electrons. The van der Waals surface area contributed by atoms with E-state index < -0.39 is 182 Å². The second kappa shape index (κ2) is 38.3. The molecule has 1 saturated heterocycles. The van der Waals surface area contributed by atoms with Crippen molar-refractivity contribution < 1.29 is 93.0 Å². The van der Waals surface area contributed by atoms with Crippen LogP contribution in [-0.4, -0.2) is 217 Å². The lowest BCUT2D eigenvalue weighted by molar-refractivity contribution is -0.144. The van der Waals surface area contributed by atoms with Gasteiger partial charge in [0.15, 0.2) is 0 Å². The van der Waals surface area contributed by atoms with Gasteiger partial charge in [-0.25, -0.2) is 4.79 Å². The van der Waals surface area contributed by atoms with Crippen molar-refractivity contribution in [2.24, 2.45) is 23.3 Å². The van der Waals surface area contributed by atoms with Gasteiger partial charge in [0.25, 0.3) is 0 Å². The first-order chi connectivity index (χ1) is 42.9. The van der Waals surface area contributed by atoms with Gasteiger partial charge >= 0.3 is 11.9 Å². The van der Waals surface area contributed by atoms with Crippen molar-refractivity contribution in [2.45, 2.75) is 171 Å². The molecule has 1 fully saturated rings. The summed E-state index contributed by atoms with van der Waals surface area (Å²) in [5, 5.41) is 82.3. The molecule has 0 unspecified atom stereocenters. The number of amides is 11. The van der Waals surface area contributed by atoms with E-state index in [9.17, 15) is 93.0 Å². The molecule has 0 aromatic heterocycles. The van der Waals surface area contributed by atoms with Gasteiger partial charge in [-0.2, -0.15) is 11.8 Å². The summed E-state index contributed by atoms with van der Waals surface area (Å²) in [6, 6.07) is -3.35. The summed E-state index contributed by atoms with van der Waals surface area (Å²) in [5.41, 5.74) is 12.4. The molecule has 31 nitrogen and oxygen atoms in total. The van der Waals surface area contributed by atoms with Crippen LogP contribution in [0.1, 0.15) is 97.1 Å². The Bertz CT molecular complexity index is 2830. The Hall–Kier alpha value is -8.46. The summed E-state index contributed by atoms with van der Waals surface area (Å²) < 4.78 is 0. The van der Waals surface area contributed by atoms with E-state index in [4.69, 9.17) is 11.5 Å². The Morgan fingerprint density at radius 2 is 1.04 bits per heavy atom. The van der Waals surface area contributed by atoms with Crippen LogP contribution in [0.2, 0.25) is 0 Å². The maximum atomic E-state index is 14.3. The molecule has 0 saturated carbocycles. The molecule has 1 aliphatic heterocycles. The highest BCUT2D eigenvalue weighted by atomic mass is 32.2. The van der Waals surface area contributed by atoms with Crippen LogP contribution in [0.3, 0.4) is 0 Å². The number of aliphatic hydroxyl groups is 3. The average molecular weight is 1300 g/mol. The highest BCUT2D eigenvalue weighted by Crippen LogP contribution is 2.20. The fourth-order valence-electron chi connectivity index (χ4n) is 9.61. The van der Waals surface area contributed by atoms with E-state index in [0.717, 1.165) is 11.8 Å². The summed E-state index contributed by atoms with van der Waals surface area (Å²) in [7, 11) is 0. The number of likely N-dealkylation sites (tertiary alicyclic amines) is 1. The maximum Gasteiger partial charge on any atom is 0.326 e. The molecule has 2 aromatic rings. The van der Waals surface area contributed by atoms with E-state index in [1.165, 1.54) is 36.0 Å². The number of nitrogens with zero attached hydrogens (tertiary/aromatic N) is 1. The molecule has 0 bridgehead atoms. The molecule has 19 N–H and O–H groups in total. The summed E-state index contributed by atoms with van der Waals surface area (Å²) >= 11 is 1.26. The quantitative estimate of drug-likeness (QED) is 0.0302. The second-order valence-corrected chi connectivity index (χ2v) is 23.9. The second-order valence-electron chi connectivity index (χ2n) is 22.9. The fraction of sp³-hybridized carbons (Fsp3) is 0.576. The van der Waals surface area contributed by atoms with Crippen LogP contribution in [0.4, 0.5) is 0 Å². The van der Waals surface area contributed by atoms with E-state index in [2.05, 4.69) is 47.9 Å². The van der Waals surface area contributed by atoms with Crippen LogP contribution in [-0.2, 0) is 75.2 Å². The molecule has 91 heavy (non-hydrogen) atoms. The summed E-state index contributed by atoms with van der Waals surface area (Å²) in [4.78, 5) is 175. The molecule has 0 spiro atoms. The number of carboxylic acids is 2. The number of benzene rings is 2. The Morgan fingerprint density at radius 3 is 1.56 bits per heavy atom. The number of nitrogens with two attached hydrogens (primary N) is 2. The van der Waals surface area contributed by atoms with Crippen molar-refractivity contribution in [3.05, 3.63) is 65.7 Å². The number of carbonyl (C=O) groups is 13. The van der Waals surface area contributed by atoms with Crippen LogP contribution in [0.25, 0.3) is 0 Å². The zero-order valence-electron chi connectivity index (χ0n) is 51.7. The molecule has 32 heteroatoms. The number of nitrogens with one attached hydrogen (secondary N) is 9. The Balaban J connectivity index is 1.83. The van der Waals surface area contributed by atoms with Crippen molar-refractivity contribution in [1.82, 2.24) is 52.8 Å². The molecule has 504 valence electrons. The molecule has 0 aliphatic carbocycles. The van der Waals surface area contributed by atoms with E-state index in [1.807, 2.05) is 13.8 Å². The van der Waals surface area contributed by atoms with Gasteiger partial charge in [0, 0.05) is 25.8 Å². The van der Waals surface area contributed by atoms with E-state index >= 15 is 0 Å². The maximum absolute atomic E-state index is 14.3. The summed E-state index contributed by atoms with van der Waals surface area (Å²) in [5.74, 6) is -14.2. The van der Waals surface area contributed by atoms with Gasteiger partial charge in [-0.15, -0.1) is 0 Å². The van der Waals surface area contributed by atoms with E-state index in [-0.39, 0.29) is 74.8 Å². The predicted molar refractivity (Wildman–Crippen MR) is 328 cm³/mol. The first-order valence-corrected chi connectivity index (χ1v) is 31.0. The largest absolute Gasteiger partial charge is 0.508 e. The zero-order valence-corrected chi connectivity index (χ0v) is 52.5. The van der Waals surface area contributed by atoms with Crippen molar-refractivity contribution in [3.63, 3.8) is 0 Å². The minimum Gasteiger partial charge on any atom is -0.508 e. The van der Waals surface area contributed by atoms with Crippen LogP contribution >= 0.6 is 11.8 Å². The average Bonchev–Trinajstić information content (AvgIpc) is 2.04. The van der Waals surface area contributed by atoms with Gasteiger partial charge < -0.3 is 94.9 Å². The number of carboxylic acid groups (broad SMARTS) is 2. The molecular weight excluding hydrogens is 1210 g/mol. The standard InChI is InChI=1S/C59H88N12O19S/c1-30(2)23-36(60)49(79)64-40(26-34-14-16-35(75)17-15-34)54(84)70-48(32(5)74)57(87)69-44(29-73)58(88)71-21-10-13-45(71)56(86)68-43(28-72)55(85)63-38(20-22-91-6)51(81)65-39(25-33-11-8-7-9-12-33)52(82)62-37(18-19-47(77)78)50(80)66-41(27-46(61)76)53(83)67-42(59(89)90)24-31(3)4/h7-9,11-12,14-17,30-32,36-45,48,72-75H,10,13,18-29,60H2,1-6H3,(H2,61,76)(H,62,82)(H,63,85)(H,64,79)(H,65,81)(H,66,80)(H,67,83)(H,68,86)(H,69,87)(H,70,84)(H,77,78)(H,89,90)/t32-,36+,37+,38+,39+,40+,41+,42+,43+,44+,45+,48+/m1/s1. The molecule has 1 heterocycles. The molecular formula is C59H88N12O19S. The number of aliphatic carboxylic acids is 2. The van der Waals surface area contributed by atoms with E-state index in [0.29, 0.717) is 11.1 Å². The first kappa shape index (κ1) is 76.8. The van der Waals surface area contributed by atoms with Gasteiger partial charge in [-0.05, 0) is 92.6 Å². The third-order valence-corrected chi connectivity index (χ3v) is 15.0. The highest BCUT2D eigenvalue weighted by molar-refractivity contribution is 7.98. The molecule has 3 rings (SSSR count). The third-order valence-electron chi connectivity index (χ3n) is 14.4. The van der Waals surface area contributed by atoms with Crippen molar-refractivity contribution in [3.8, 4) is 5.75 Å². The van der Waals surface area contributed by atoms with Crippen LogP contribution < -0.4 is 59.3 Å². The Labute approximate surface area is 530 Å². The van der Waals surface area contributed by atoms with Gasteiger partial charge in [0.2, 0.25) is 65.0 Å². The van der Waals surface area contributed by atoms with Crippen molar-refractivity contribution in [1.29, 1.82) is 0 Å². The van der Waals surface area contributed by atoms with Gasteiger partial charge in [0.05, 0.1) is 31.8 Å². The zero-order chi connectivity index (χ0) is 68.2. The number of phenols is 1. The van der Waals surface area contributed by atoms with Crippen molar-refractivity contribution in [2.75, 3.05) is 31.8 Å². The Kier molecular flexibility index (Phi) is 32.3. The van der Waals surface area contributed by atoms with Crippen LogP contribution in [0.15, 0.2) is 54.6 Å². The number of thioether (sulfide) groups is 1. The normalized spacial score (nSPS) is 16.5. The number of primary amides is 1. The number of carbonyl (C=O) groups excluding carboxylic acids is 11. The summed E-state index contributed by atoms with van der Waals surface area (Å²) in [6.07, 6.45) is -2.22. The number of hydrogen-bond acceptors (Lipinski definition) is 19. The minimum absolute atomic E-state index is 0.0118. The lowest BCUT2D eigenvalue weighted by atomic mass is 10.0. The number of phenolic OH excluding ortho intramolecular Hbond substituents is 1. The molecule has 12 atom stereocenters. The minimum atomic E-state index is -1.79. The van der Waals surface area contributed by atoms with Gasteiger partial charge in [-0.3, -0.25) is 57.5 Å². The molecule has 11 amide bonds. The lowest BCUT2D eigenvalue weighted by Gasteiger charge is -2.30. The fourth-order valence-corrected chi connectivity index (χ4v) is 10.1. The van der Waals surface area contributed by atoms with E-state index in [1.54, 1.807) is 50.4 Å². The SMILES string of the molecule is CSCC[C@H](NC(=O)[C@H](CO)NC(=O)[C@@H]1CCCN1C(=O)[C@H](CO)NC(=O)[C@@H](NC(=O)[C@H](Cc1ccc(O)cc1)NC(=O)[C@@H](N)CC(C)C)[C@@H](C)O)C(=O)N[C@@H](Cc1ccccc1)C(=O)N[C@@H](CCC(=O)O)C(=O)N[C@@H](CC(N)=O)C(=O)N[C@@H](CC(C)C)C(=O)O. The third kappa shape index (κ3) is 26.1. The summed E-state index contributed by atoms with van der Waals surface area (Å²) in [6.45, 7) is 6.01. The number of aromatic hydroxyl groups is 1. The van der Waals surface area contributed by atoms with Crippen molar-refractivity contribution >= 4 is 88.7 Å². The van der Waals surface area contributed by atoms with Crippen LogP contribution in [0.5, 0.6) is 5.75 Å². The van der Waals surface area contributed by atoms with Crippen LogP contribution in [0, 0.1) is 11.8 Å². The molecule has 1 aliphatic rings.